The lowest BCUT2D eigenvalue weighted by Crippen LogP contribution is -1.98. The van der Waals surface area contributed by atoms with Gasteiger partial charge >= 0.3 is 0 Å². The second-order valence-electron chi connectivity index (χ2n) is 3.60. The largest absolute Gasteiger partial charge is 0.491 e. The Bertz CT molecular complexity index is 540. The number of nitrogens with zero attached hydrogens (tertiary/aromatic N) is 1. The Hall–Kier alpha value is -1.84. The fraction of sp³-hybridized carbons (Fsp3) is 0.250. The molecule has 2 N–H and O–H groups in total. The number of halogens is 1. The number of nitrogen functional groups attached to an aromatic ring is 1. The maximum absolute atomic E-state index is 13.5. The maximum Gasteiger partial charge on any atom is 0.167 e. The molecular formula is C12H13FN2O. The fourth-order valence-corrected chi connectivity index (χ4v) is 1.56. The quantitative estimate of drug-likeness (QED) is 0.846. The van der Waals surface area contributed by atoms with E-state index in [9.17, 15) is 4.39 Å². The van der Waals surface area contributed by atoms with Gasteiger partial charge in [-0.3, -0.25) is 0 Å². The van der Waals surface area contributed by atoms with Crippen LogP contribution >= 0.6 is 0 Å². The lowest BCUT2D eigenvalue weighted by Gasteiger charge is -2.07. The first-order valence-electron chi connectivity index (χ1n) is 5.11. The summed E-state index contributed by atoms with van der Waals surface area (Å²) in [5.41, 5.74) is 7.09. The molecule has 0 amide bonds. The topological polar surface area (TPSA) is 48.1 Å². The Morgan fingerprint density at radius 2 is 2.12 bits per heavy atom. The molecule has 84 valence electrons. The van der Waals surface area contributed by atoms with Crippen LogP contribution in [-0.4, -0.2) is 11.6 Å². The molecular weight excluding hydrogens is 207 g/mol. The molecule has 1 aromatic heterocycles. The first-order valence-corrected chi connectivity index (χ1v) is 5.11. The number of fused-ring (bicyclic) bond motifs is 1. The van der Waals surface area contributed by atoms with Crippen molar-refractivity contribution in [3.63, 3.8) is 0 Å². The summed E-state index contributed by atoms with van der Waals surface area (Å²) in [7, 11) is 0. The second-order valence-corrected chi connectivity index (χ2v) is 3.60. The highest BCUT2D eigenvalue weighted by Crippen LogP contribution is 2.25. The van der Waals surface area contributed by atoms with Gasteiger partial charge in [-0.25, -0.2) is 9.37 Å². The van der Waals surface area contributed by atoms with Crippen LogP contribution in [0.4, 0.5) is 10.2 Å². The van der Waals surface area contributed by atoms with Gasteiger partial charge in [0.15, 0.2) is 11.6 Å². The van der Waals surface area contributed by atoms with E-state index in [2.05, 4.69) is 4.98 Å². The zero-order valence-corrected chi connectivity index (χ0v) is 9.25. The van der Waals surface area contributed by atoms with Gasteiger partial charge in [0.05, 0.1) is 12.1 Å². The molecule has 4 heteroatoms. The number of aryl methyl sites for hydroxylation is 1. The fourth-order valence-electron chi connectivity index (χ4n) is 1.56. The van der Waals surface area contributed by atoms with Crippen molar-refractivity contribution in [1.29, 1.82) is 0 Å². The van der Waals surface area contributed by atoms with Gasteiger partial charge in [0.1, 0.15) is 5.82 Å². The predicted molar refractivity (Wildman–Crippen MR) is 62.0 cm³/mol. The molecule has 0 unspecified atom stereocenters. The van der Waals surface area contributed by atoms with E-state index in [-0.39, 0.29) is 5.75 Å². The van der Waals surface area contributed by atoms with Crippen LogP contribution in [0.25, 0.3) is 10.9 Å². The van der Waals surface area contributed by atoms with Crippen LogP contribution < -0.4 is 10.5 Å². The molecule has 0 atom stereocenters. The Kier molecular flexibility index (Phi) is 2.64. The minimum absolute atomic E-state index is 0.251. The van der Waals surface area contributed by atoms with Crippen LogP contribution in [0, 0.1) is 12.7 Å². The van der Waals surface area contributed by atoms with E-state index in [0.29, 0.717) is 17.9 Å². The monoisotopic (exact) mass is 220 g/mol. The second kappa shape index (κ2) is 3.96. The minimum Gasteiger partial charge on any atom is -0.491 e. The van der Waals surface area contributed by atoms with Gasteiger partial charge in [0, 0.05) is 11.5 Å². The van der Waals surface area contributed by atoms with Crippen LogP contribution in [0.5, 0.6) is 5.75 Å². The molecule has 0 fully saturated rings. The third-order valence-electron chi connectivity index (χ3n) is 2.40. The summed E-state index contributed by atoms with van der Waals surface area (Å²) in [4.78, 5) is 4.12. The molecule has 2 aromatic rings. The van der Waals surface area contributed by atoms with Gasteiger partial charge in [0.2, 0.25) is 0 Å². The zero-order valence-electron chi connectivity index (χ0n) is 9.25. The third kappa shape index (κ3) is 1.78. The van der Waals surface area contributed by atoms with Gasteiger partial charge in [-0.15, -0.1) is 0 Å². The molecule has 0 saturated carbocycles. The molecule has 0 radical (unpaired) electrons. The molecule has 16 heavy (non-hydrogen) atoms. The Labute approximate surface area is 93.0 Å². The van der Waals surface area contributed by atoms with Crippen molar-refractivity contribution < 1.29 is 9.13 Å². The molecule has 0 aliphatic carbocycles. The van der Waals surface area contributed by atoms with Crippen LogP contribution in [-0.2, 0) is 0 Å². The number of anilines is 1. The molecule has 3 nitrogen and oxygen atoms in total. The van der Waals surface area contributed by atoms with E-state index in [1.165, 1.54) is 6.07 Å². The number of hydrogen-bond donors (Lipinski definition) is 1. The average molecular weight is 220 g/mol. The normalized spacial score (nSPS) is 10.7. The summed E-state index contributed by atoms with van der Waals surface area (Å²) in [6.07, 6.45) is 0. The lowest BCUT2D eigenvalue weighted by atomic mass is 10.1. The summed E-state index contributed by atoms with van der Waals surface area (Å²) >= 11 is 0. The molecule has 0 saturated heterocycles. The Balaban J connectivity index is 2.65. The number of pyridine rings is 1. The van der Waals surface area contributed by atoms with E-state index >= 15 is 0 Å². The highest BCUT2D eigenvalue weighted by atomic mass is 19.1. The van der Waals surface area contributed by atoms with Crippen LogP contribution in [0.2, 0.25) is 0 Å². The molecule has 0 aliphatic rings. The highest BCUT2D eigenvalue weighted by molar-refractivity contribution is 5.82. The van der Waals surface area contributed by atoms with Crippen molar-refractivity contribution in [2.75, 3.05) is 12.3 Å². The van der Waals surface area contributed by atoms with Gasteiger partial charge in [-0.1, -0.05) is 0 Å². The van der Waals surface area contributed by atoms with Crippen molar-refractivity contribution in [3.8, 4) is 5.75 Å². The SMILES string of the molecule is CCOc1cc2cc(C)c(N)nc2cc1F. The molecule has 0 aliphatic heterocycles. The smallest absolute Gasteiger partial charge is 0.167 e. The average Bonchev–Trinajstić information content (AvgIpc) is 2.23. The van der Waals surface area contributed by atoms with Crippen LogP contribution in [0.1, 0.15) is 12.5 Å². The van der Waals surface area contributed by atoms with E-state index in [0.717, 1.165) is 10.9 Å². The Morgan fingerprint density at radius 3 is 2.81 bits per heavy atom. The van der Waals surface area contributed by atoms with E-state index in [1.54, 1.807) is 6.07 Å². The number of ether oxygens (including phenoxy) is 1. The number of aromatic nitrogens is 1. The highest BCUT2D eigenvalue weighted by Gasteiger charge is 2.07. The number of hydrogen-bond acceptors (Lipinski definition) is 3. The van der Waals surface area contributed by atoms with E-state index < -0.39 is 5.82 Å². The van der Waals surface area contributed by atoms with Crippen molar-refractivity contribution >= 4 is 16.7 Å². The van der Waals surface area contributed by atoms with Crippen molar-refractivity contribution in [3.05, 3.63) is 29.6 Å². The van der Waals surface area contributed by atoms with Gasteiger partial charge < -0.3 is 10.5 Å². The van der Waals surface area contributed by atoms with Crippen molar-refractivity contribution in [2.24, 2.45) is 0 Å². The molecule has 0 spiro atoms. The van der Waals surface area contributed by atoms with Gasteiger partial charge in [-0.2, -0.15) is 0 Å². The predicted octanol–water partition coefficient (Wildman–Crippen LogP) is 2.66. The number of benzene rings is 1. The number of nitrogens with two attached hydrogens (primary N) is 1. The van der Waals surface area contributed by atoms with Crippen LogP contribution in [0.3, 0.4) is 0 Å². The third-order valence-corrected chi connectivity index (χ3v) is 2.40. The first kappa shape index (κ1) is 10.7. The van der Waals surface area contributed by atoms with Gasteiger partial charge in [0.25, 0.3) is 0 Å². The minimum atomic E-state index is -0.412. The maximum atomic E-state index is 13.5. The molecule has 1 aromatic carbocycles. The van der Waals surface area contributed by atoms with E-state index in [4.69, 9.17) is 10.5 Å². The summed E-state index contributed by atoms with van der Waals surface area (Å²) in [5, 5.41) is 0.830. The first-order chi connectivity index (χ1) is 7.61. The zero-order chi connectivity index (χ0) is 11.7. The van der Waals surface area contributed by atoms with E-state index in [1.807, 2.05) is 19.9 Å². The lowest BCUT2D eigenvalue weighted by molar-refractivity contribution is 0.322. The van der Waals surface area contributed by atoms with Crippen molar-refractivity contribution in [2.45, 2.75) is 13.8 Å². The molecule has 1 heterocycles. The molecule has 2 rings (SSSR count). The van der Waals surface area contributed by atoms with Crippen LogP contribution in [0.15, 0.2) is 18.2 Å². The summed E-state index contributed by atoms with van der Waals surface area (Å²) < 4.78 is 18.7. The van der Waals surface area contributed by atoms with Gasteiger partial charge in [-0.05, 0) is 31.5 Å². The van der Waals surface area contributed by atoms with Crippen molar-refractivity contribution in [1.82, 2.24) is 4.98 Å². The summed E-state index contributed by atoms with van der Waals surface area (Å²) in [6.45, 7) is 4.12. The molecule has 0 bridgehead atoms. The standard InChI is InChI=1S/C12H13FN2O/c1-3-16-11-5-8-4-7(2)12(14)15-10(8)6-9(11)13/h4-6H,3H2,1-2H3,(H2,14,15). The summed E-state index contributed by atoms with van der Waals surface area (Å²) in [6, 6.07) is 4.86. The Morgan fingerprint density at radius 1 is 1.38 bits per heavy atom. The summed E-state index contributed by atoms with van der Waals surface area (Å²) in [5.74, 6) is 0.266. The number of rotatable bonds is 2.